The SMILES string of the molecule is C=C1/C=C\C=C/Oc2c1cccc2-c1ccc(N(C2=CCC=C(C3=CC=CCC3)C=C2)c2cccc3c2-c2ccccc2C3(C)C)cc1. The molecule has 2 heteroatoms. The van der Waals surface area contributed by atoms with Crippen molar-refractivity contribution in [2.75, 3.05) is 4.90 Å². The first-order valence-electron chi connectivity index (χ1n) is 16.9. The van der Waals surface area contributed by atoms with Crippen LogP contribution in [0.1, 0.15) is 49.8 Å². The molecule has 1 heterocycles. The summed E-state index contributed by atoms with van der Waals surface area (Å²) in [4.78, 5) is 2.45. The minimum absolute atomic E-state index is 0.0848. The summed E-state index contributed by atoms with van der Waals surface area (Å²) in [6.07, 6.45) is 26.7. The zero-order chi connectivity index (χ0) is 32.7. The molecule has 2 nitrogen and oxygen atoms in total. The highest BCUT2D eigenvalue weighted by Crippen LogP contribution is 2.53. The molecule has 0 bridgehead atoms. The van der Waals surface area contributed by atoms with Gasteiger partial charge in [0.25, 0.3) is 0 Å². The number of hydrogen-bond donors (Lipinski definition) is 0. The first-order chi connectivity index (χ1) is 23.5. The summed E-state index contributed by atoms with van der Waals surface area (Å²) >= 11 is 0. The van der Waals surface area contributed by atoms with Crippen molar-refractivity contribution in [3.63, 3.8) is 0 Å². The van der Waals surface area contributed by atoms with E-state index in [1.54, 1.807) is 6.26 Å². The Labute approximate surface area is 284 Å². The molecule has 0 fully saturated rings. The molecule has 48 heavy (non-hydrogen) atoms. The Balaban J connectivity index is 1.26. The third kappa shape index (κ3) is 5.15. The van der Waals surface area contributed by atoms with E-state index in [2.05, 4.69) is 153 Å². The molecule has 0 radical (unpaired) electrons. The molecule has 0 unspecified atom stereocenters. The number of benzene rings is 4. The fraction of sp³-hybridized carbons (Fsp3) is 0.130. The third-order valence-electron chi connectivity index (χ3n) is 10.0. The average Bonchev–Trinajstić information content (AvgIpc) is 3.23. The van der Waals surface area contributed by atoms with E-state index in [0.29, 0.717) is 0 Å². The van der Waals surface area contributed by atoms with E-state index in [1.165, 1.54) is 39.1 Å². The number of allylic oxidation sites excluding steroid dienone is 13. The van der Waals surface area contributed by atoms with Crippen LogP contribution in [0, 0.1) is 0 Å². The maximum Gasteiger partial charge on any atom is 0.142 e. The molecule has 3 aliphatic carbocycles. The molecule has 234 valence electrons. The summed E-state index contributed by atoms with van der Waals surface area (Å²) in [5.74, 6) is 0.826. The molecule has 0 N–H and O–H groups in total. The first kappa shape index (κ1) is 29.8. The molecule has 4 aromatic carbocycles. The van der Waals surface area contributed by atoms with Crippen LogP contribution in [-0.2, 0) is 5.41 Å². The van der Waals surface area contributed by atoms with Crippen molar-refractivity contribution in [1.82, 2.24) is 0 Å². The topological polar surface area (TPSA) is 12.5 Å². The second-order valence-corrected chi connectivity index (χ2v) is 13.3. The molecule has 8 rings (SSSR count). The van der Waals surface area contributed by atoms with Crippen LogP contribution in [0.5, 0.6) is 5.75 Å². The highest BCUT2D eigenvalue weighted by atomic mass is 16.5. The Morgan fingerprint density at radius 2 is 1.52 bits per heavy atom. The van der Waals surface area contributed by atoms with Crippen molar-refractivity contribution in [3.05, 3.63) is 192 Å². The van der Waals surface area contributed by atoms with Crippen LogP contribution in [0.15, 0.2) is 175 Å². The van der Waals surface area contributed by atoms with Crippen LogP contribution in [0.4, 0.5) is 11.4 Å². The van der Waals surface area contributed by atoms with Crippen LogP contribution >= 0.6 is 0 Å². The van der Waals surface area contributed by atoms with Crippen molar-refractivity contribution >= 4 is 16.9 Å². The number of anilines is 2. The van der Waals surface area contributed by atoms with Gasteiger partial charge in [-0.25, -0.2) is 0 Å². The van der Waals surface area contributed by atoms with Crippen molar-refractivity contribution in [2.45, 2.75) is 38.5 Å². The Hall–Kier alpha value is -5.60. The number of nitrogens with zero attached hydrogens (tertiary/aromatic N) is 1. The van der Waals surface area contributed by atoms with Gasteiger partial charge in [0.2, 0.25) is 0 Å². The van der Waals surface area contributed by atoms with Gasteiger partial charge < -0.3 is 9.64 Å². The van der Waals surface area contributed by atoms with E-state index in [9.17, 15) is 0 Å². The maximum absolute atomic E-state index is 6.17. The fourth-order valence-electron chi connectivity index (χ4n) is 7.56. The molecule has 4 aliphatic rings. The van der Waals surface area contributed by atoms with Gasteiger partial charge in [0.1, 0.15) is 5.75 Å². The minimum Gasteiger partial charge on any atom is -0.464 e. The number of ether oxygens (including phenoxy) is 1. The summed E-state index contributed by atoms with van der Waals surface area (Å²) in [6, 6.07) is 30.9. The standard InChI is InChI=1S/C46H39NO/c1-32-14-9-10-31-48-45-38(32)20-12-21-39(45)35-26-29-37(30-27-35)47(36-18-11-17-34(25-28-36)33-15-5-4-6-16-33)43-24-13-23-42-44(43)40-19-7-8-22-41(40)46(42,2)3/h4-5,7-10,12-15,17-31H,1,6,11,16H2,2-3H3/b14-9-,31-10-. The lowest BCUT2D eigenvalue weighted by Crippen LogP contribution is -2.18. The Morgan fingerprint density at radius 3 is 2.38 bits per heavy atom. The lowest BCUT2D eigenvalue weighted by molar-refractivity contribution is 0.481. The molecule has 0 aromatic heterocycles. The number of rotatable bonds is 5. The molecule has 0 saturated heterocycles. The molecule has 4 aromatic rings. The van der Waals surface area contributed by atoms with Crippen molar-refractivity contribution in [1.29, 1.82) is 0 Å². The summed E-state index contributed by atoms with van der Waals surface area (Å²) < 4.78 is 6.17. The maximum atomic E-state index is 6.17. The van der Waals surface area contributed by atoms with Crippen molar-refractivity contribution in [2.24, 2.45) is 0 Å². The highest BCUT2D eigenvalue weighted by Gasteiger charge is 2.37. The lowest BCUT2D eigenvalue weighted by atomic mass is 9.82. The van der Waals surface area contributed by atoms with Gasteiger partial charge in [-0.15, -0.1) is 0 Å². The Kier molecular flexibility index (Phi) is 7.57. The van der Waals surface area contributed by atoms with Gasteiger partial charge in [-0.1, -0.05) is 136 Å². The number of hydrogen-bond acceptors (Lipinski definition) is 2. The fourth-order valence-corrected chi connectivity index (χ4v) is 7.56. The smallest absolute Gasteiger partial charge is 0.142 e. The van der Waals surface area contributed by atoms with Crippen LogP contribution in [0.3, 0.4) is 0 Å². The van der Waals surface area contributed by atoms with E-state index in [0.717, 1.165) is 58.7 Å². The summed E-state index contributed by atoms with van der Waals surface area (Å²) in [5, 5.41) is 0. The average molecular weight is 622 g/mol. The van der Waals surface area contributed by atoms with Crippen LogP contribution in [-0.4, -0.2) is 0 Å². The molecular weight excluding hydrogens is 583 g/mol. The van der Waals surface area contributed by atoms with Crippen molar-refractivity contribution < 1.29 is 4.74 Å². The summed E-state index contributed by atoms with van der Waals surface area (Å²) in [6.45, 7) is 8.98. The van der Waals surface area contributed by atoms with E-state index >= 15 is 0 Å². The molecule has 1 aliphatic heterocycles. The molecular formula is C46H39NO. The van der Waals surface area contributed by atoms with Crippen LogP contribution in [0.25, 0.3) is 27.8 Å². The van der Waals surface area contributed by atoms with Gasteiger partial charge in [-0.3, -0.25) is 0 Å². The third-order valence-corrected chi connectivity index (χ3v) is 10.0. The van der Waals surface area contributed by atoms with Gasteiger partial charge in [0, 0.05) is 33.5 Å². The summed E-state index contributed by atoms with van der Waals surface area (Å²) in [7, 11) is 0. The number of para-hydroxylation sites is 1. The Morgan fingerprint density at radius 1 is 0.729 bits per heavy atom. The van der Waals surface area contributed by atoms with Gasteiger partial charge in [0.05, 0.1) is 11.9 Å². The van der Waals surface area contributed by atoms with Crippen LogP contribution in [0.2, 0.25) is 0 Å². The second kappa shape index (κ2) is 12.2. The zero-order valence-electron chi connectivity index (χ0n) is 27.6. The lowest BCUT2D eigenvalue weighted by Gasteiger charge is -2.30. The monoisotopic (exact) mass is 621 g/mol. The molecule has 0 atom stereocenters. The first-order valence-corrected chi connectivity index (χ1v) is 16.9. The van der Waals surface area contributed by atoms with Gasteiger partial charge in [-0.2, -0.15) is 0 Å². The largest absolute Gasteiger partial charge is 0.464 e. The van der Waals surface area contributed by atoms with Gasteiger partial charge in [0.15, 0.2) is 0 Å². The van der Waals surface area contributed by atoms with E-state index in [-0.39, 0.29) is 5.41 Å². The normalized spacial score (nSPS) is 18.5. The van der Waals surface area contributed by atoms with E-state index in [4.69, 9.17) is 4.74 Å². The van der Waals surface area contributed by atoms with Gasteiger partial charge >= 0.3 is 0 Å². The predicted molar refractivity (Wildman–Crippen MR) is 202 cm³/mol. The molecule has 0 saturated carbocycles. The Bertz CT molecular complexity index is 2160. The molecule has 0 spiro atoms. The predicted octanol–water partition coefficient (Wildman–Crippen LogP) is 12.3. The zero-order valence-corrected chi connectivity index (χ0v) is 27.6. The summed E-state index contributed by atoms with van der Waals surface area (Å²) in [5.41, 5.74) is 15.5. The number of fused-ring (bicyclic) bond motifs is 4. The minimum atomic E-state index is -0.0848. The van der Waals surface area contributed by atoms with Crippen LogP contribution < -0.4 is 9.64 Å². The molecule has 0 amide bonds. The highest BCUT2D eigenvalue weighted by molar-refractivity contribution is 5.94. The van der Waals surface area contributed by atoms with Crippen molar-refractivity contribution in [3.8, 4) is 28.0 Å². The quantitative estimate of drug-likeness (QED) is 0.220. The van der Waals surface area contributed by atoms with E-state index < -0.39 is 0 Å². The van der Waals surface area contributed by atoms with E-state index in [1.807, 2.05) is 18.2 Å². The second-order valence-electron chi connectivity index (χ2n) is 13.3. The van der Waals surface area contributed by atoms with Gasteiger partial charge in [-0.05, 0) is 88.6 Å².